The maximum atomic E-state index is 12.3. The number of carbonyl (C=O) groups is 1. The van der Waals surface area contributed by atoms with Crippen molar-refractivity contribution in [3.63, 3.8) is 0 Å². The minimum absolute atomic E-state index is 0.132. The molecule has 160 valence electrons. The zero-order chi connectivity index (χ0) is 22.3. The first-order valence-electron chi connectivity index (χ1n) is 9.73. The van der Waals surface area contributed by atoms with Crippen molar-refractivity contribution in [3.8, 4) is 17.1 Å². The van der Waals surface area contributed by atoms with Crippen LogP contribution in [0.15, 0.2) is 83.3 Å². The fraction of sp³-hybridized carbons (Fsp3) is 0.0870. The van der Waals surface area contributed by atoms with Gasteiger partial charge < -0.3 is 0 Å². The van der Waals surface area contributed by atoms with Crippen molar-refractivity contribution in [2.45, 2.75) is 12.1 Å². The summed E-state index contributed by atoms with van der Waals surface area (Å²) in [6.07, 6.45) is 5.01. The number of amides is 1. The Labute approximate surface area is 194 Å². The Hall–Kier alpha value is -3.49. The molecule has 0 saturated carbocycles. The monoisotopic (exact) mass is 462 g/mol. The number of aromatic nitrogens is 4. The molecule has 0 aliphatic carbocycles. The Balaban J connectivity index is 1.50. The summed E-state index contributed by atoms with van der Waals surface area (Å²) in [7, 11) is 0. The summed E-state index contributed by atoms with van der Waals surface area (Å²) in [6.45, 7) is 2.00. The first-order chi connectivity index (χ1) is 15.6. The van der Waals surface area contributed by atoms with Crippen LogP contribution in [0, 0.1) is 6.92 Å². The normalized spacial score (nSPS) is 11.1. The maximum Gasteiger partial charge on any atom is 0.250 e. The van der Waals surface area contributed by atoms with Crippen molar-refractivity contribution < 1.29 is 4.79 Å². The van der Waals surface area contributed by atoms with Crippen LogP contribution in [-0.4, -0.2) is 37.6 Å². The average Bonchev–Trinajstić information content (AvgIpc) is 3.23. The van der Waals surface area contributed by atoms with E-state index in [1.165, 1.54) is 11.8 Å². The third kappa shape index (κ3) is 5.40. The molecular weight excluding hydrogens is 444 g/mol. The van der Waals surface area contributed by atoms with E-state index in [1.54, 1.807) is 30.7 Å². The summed E-state index contributed by atoms with van der Waals surface area (Å²) in [5.41, 5.74) is 6.30. The number of hydrogen-bond acceptors (Lipinski definition) is 6. The Bertz CT molecular complexity index is 1240. The summed E-state index contributed by atoms with van der Waals surface area (Å²) in [4.78, 5) is 16.4. The van der Waals surface area contributed by atoms with E-state index in [2.05, 4.69) is 25.7 Å². The first-order valence-corrected chi connectivity index (χ1v) is 11.1. The van der Waals surface area contributed by atoms with Crippen LogP contribution in [-0.2, 0) is 4.79 Å². The SMILES string of the molecule is Cc1cccc(/C=N/NC(=O)CSc2nnc(-c3ccncc3)n2-c2ccc(Cl)cc2)c1. The Kier molecular flexibility index (Phi) is 6.94. The lowest BCUT2D eigenvalue weighted by molar-refractivity contribution is -0.118. The van der Waals surface area contributed by atoms with Crippen LogP contribution >= 0.6 is 23.4 Å². The number of nitrogens with one attached hydrogen (secondary N) is 1. The molecule has 0 unspecified atom stereocenters. The number of aryl methyl sites for hydroxylation is 1. The largest absolute Gasteiger partial charge is 0.272 e. The van der Waals surface area contributed by atoms with Gasteiger partial charge in [0.25, 0.3) is 5.91 Å². The molecule has 0 bridgehead atoms. The smallest absolute Gasteiger partial charge is 0.250 e. The lowest BCUT2D eigenvalue weighted by Gasteiger charge is -2.10. The Morgan fingerprint density at radius 3 is 2.66 bits per heavy atom. The van der Waals surface area contributed by atoms with Crippen molar-refractivity contribution in [2.75, 3.05) is 5.75 Å². The van der Waals surface area contributed by atoms with Crippen LogP contribution in [0.1, 0.15) is 11.1 Å². The predicted molar refractivity (Wildman–Crippen MR) is 127 cm³/mol. The van der Waals surface area contributed by atoms with Crippen molar-refractivity contribution in [2.24, 2.45) is 5.10 Å². The second-order valence-electron chi connectivity index (χ2n) is 6.85. The van der Waals surface area contributed by atoms with Gasteiger partial charge in [0.15, 0.2) is 11.0 Å². The van der Waals surface area contributed by atoms with Gasteiger partial charge in [-0.15, -0.1) is 10.2 Å². The van der Waals surface area contributed by atoms with E-state index >= 15 is 0 Å². The van der Waals surface area contributed by atoms with Crippen LogP contribution in [0.4, 0.5) is 0 Å². The number of benzene rings is 2. The van der Waals surface area contributed by atoms with Crippen LogP contribution < -0.4 is 5.43 Å². The predicted octanol–water partition coefficient (Wildman–Crippen LogP) is 4.53. The number of pyridine rings is 1. The van der Waals surface area contributed by atoms with Gasteiger partial charge in [-0.3, -0.25) is 14.3 Å². The molecule has 2 aromatic heterocycles. The second-order valence-corrected chi connectivity index (χ2v) is 8.23. The van der Waals surface area contributed by atoms with Crippen LogP contribution in [0.3, 0.4) is 0 Å². The Morgan fingerprint density at radius 1 is 1.12 bits per heavy atom. The molecule has 0 radical (unpaired) electrons. The van der Waals surface area contributed by atoms with Gasteiger partial charge in [0.1, 0.15) is 0 Å². The zero-order valence-corrected chi connectivity index (χ0v) is 18.7. The molecule has 1 N–H and O–H groups in total. The van der Waals surface area contributed by atoms with Gasteiger partial charge in [0.05, 0.1) is 12.0 Å². The zero-order valence-electron chi connectivity index (χ0n) is 17.1. The second kappa shape index (κ2) is 10.2. The van der Waals surface area contributed by atoms with Crippen molar-refractivity contribution >= 4 is 35.5 Å². The number of nitrogens with zero attached hydrogens (tertiary/aromatic N) is 5. The third-order valence-electron chi connectivity index (χ3n) is 4.43. The van der Waals surface area contributed by atoms with Crippen LogP contribution in [0.2, 0.25) is 5.02 Å². The molecule has 4 rings (SSSR count). The highest BCUT2D eigenvalue weighted by Crippen LogP contribution is 2.28. The minimum atomic E-state index is -0.241. The number of hydrogen-bond donors (Lipinski definition) is 1. The van der Waals surface area contributed by atoms with Crippen molar-refractivity contribution in [1.29, 1.82) is 0 Å². The van der Waals surface area contributed by atoms with Gasteiger partial charge in [-0.2, -0.15) is 5.10 Å². The van der Waals surface area contributed by atoms with Gasteiger partial charge in [0.2, 0.25) is 0 Å². The van der Waals surface area contributed by atoms with Crippen LogP contribution in [0.25, 0.3) is 17.1 Å². The van der Waals surface area contributed by atoms with Gasteiger partial charge in [-0.25, -0.2) is 5.43 Å². The lowest BCUT2D eigenvalue weighted by Crippen LogP contribution is -2.20. The van der Waals surface area contributed by atoms with E-state index in [0.29, 0.717) is 16.0 Å². The first kappa shape index (κ1) is 21.7. The molecule has 9 heteroatoms. The van der Waals surface area contributed by atoms with E-state index < -0.39 is 0 Å². The van der Waals surface area contributed by atoms with Crippen LogP contribution in [0.5, 0.6) is 0 Å². The third-order valence-corrected chi connectivity index (χ3v) is 5.61. The average molecular weight is 463 g/mol. The van der Waals surface area contributed by atoms with E-state index in [9.17, 15) is 4.79 Å². The number of halogens is 1. The molecule has 4 aromatic rings. The number of hydrazone groups is 1. The van der Waals surface area contributed by atoms with Gasteiger partial charge in [-0.05, 0) is 48.9 Å². The molecule has 32 heavy (non-hydrogen) atoms. The fourth-order valence-corrected chi connectivity index (χ4v) is 3.84. The molecular formula is C23H19ClN6OS. The number of thioether (sulfide) groups is 1. The molecule has 0 spiro atoms. The molecule has 0 atom stereocenters. The summed E-state index contributed by atoms with van der Waals surface area (Å²) < 4.78 is 1.89. The van der Waals surface area contributed by atoms with E-state index in [0.717, 1.165) is 22.4 Å². The van der Waals surface area contributed by atoms with Gasteiger partial charge >= 0.3 is 0 Å². The molecule has 2 aromatic carbocycles. The molecule has 7 nitrogen and oxygen atoms in total. The molecule has 1 amide bonds. The summed E-state index contributed by atoms with van der Waals surface area (Å²) in [5, 5.41) is 13.9. The summed E-state index contributed by atoms with van der Waals surface area (Å²) in [6, 6.07) is 18.9. The maximum absolute atomic E-state index is 12.3. The summed E-state index contributed by atoms with van der Waals surface area (Å²) >= 11 is 7.33. The van der Waals surface area contributed by atoms with E-state index in [4.69, 9.17) is 11.6 Å². The highest BCUT2D eigenvalue weighted by Gasteiger charge is 2.17. The molecule has 2 heterocycles. The molecule has 0 aliphatic rings. The molecule has 0 fully saturated rings. The lowest BCUT2D eigenvalue weighted by atomic mass is 10.2. The van der Waals surface area contributed by atoms with E-state index in [1.807, 2.05) is 60.0 Å². The van der Waals surface area contributed by atoms with Crippen molar-refractivity contribution in [3.05, 3.63) is 89.2 Å². The van der Waals surface area contributed by atoms with Gasteiger partial charge in [-0.1, -0.05) is 53.2 Å². The van der Waals surface area contributed by atoms with E-state index in [-0.39, 0.29) is 11.7 Å². The number of carbonyl (C=O) groups excluding carboxylic acids is 1. The fourth-order valence-electron chi connectivity index (χ4n) is 2.97. The minimum Gasteiger partial charge on any atom is -0.272 e. The topological polar surface area (TPSA) is 85.1 Å². The number of rotatable bonds is 7. The van der Waals surface area contributed by atoms with Gasteiger partial charge in [0, 0.05) is 28.7 Å². The quantitative estimate of drug-likeness (QED) is 0.248. The highest BCUT2D eigenvalue weighted by atomic mass is 35.5. The summed E-state index contributed by atoms with van der Waals surface area (Å²) in [5.74, 6) is 0.540. The molecule has 0 saturated heterocycles. The molecule has 0 aliphatic heterocycles. The highest BCUT2D eigenvalue weighted by molar-refractivity contribution is 7.99. The van der Waals surface area contributed by atoms with Crippen molar-refractivity contribution in [1.82, 2.24) is 25.2 Å². The Morgan fingerprint density at radius 2 is 1.91 bits per heavy atom. The standard InChI is InChI=1S/C23H19ClN6OS/c1-16-3-2-4-17(13-16)14-26-27-21(31)15-32-23-29-28-22(18-9-11-25-12-10-18)30(23)20-7-5-19(24)6-8-20/h2-14H,15H2,1H3,(H,27,31)/b26-14+.